The van der Waals surface area contributed by atoms with E-state index in [1.807, 2.05) is 35.6 Å². The molecule has 1 aromatic rings. The highest BCUT2D eigenvalue weighted by Gasteiger charge is 2.27. The molecule has 0 heterocycles. The molecule has 0 aliphatic heterocycles. The Bertz CT molecular complexity index is 520. The number of thioether (sulfide) groups is 1. The van der Waals surface area contributed by atoms with E-state index in [4.69, 9.17) is 10.5 Å². The van der Waals surface area contributed by atoms with Crippen molar-refractivity contribution in [1.82, 2.24) is 5.32 Å². The van der Waals surface area contributed by atoms with Crippen LogP contribution < -0.4 is 11.1 Å². The van der Waals surface area contributed by atoms with Gasteiger partial charge in [0.05, 0.1) is 6.42 Å². The molecule has 0 aliphatic carbocycles. The van der Waals surface area contributed by atoms with E-state index >= 15 is 0 Å². The monoisotopic (exact) mass is 324 g/mol. The summed E-state index contributed by atoms with van der Waals surface area (Å²) < 4.78 is 5.14. The summed E-state index contributed by atoms with van der Waals surface area (Å²) >= 11 is 1.53. The smallest absolute Gasteiger partial charge is 0.318 e. The molecule has 0 bridgehead atoms. The molecule has 6 nitrogen and oxygen atoms in total. The molecule has 0 saturated heterocycles. The second-order valence-electron chi connectivity index (χ2n) is 4.92. The fourth-order valence-electron chi connectivity index (χ4n) is 1.65. The van der Waals surface area contributed by atoms with E-state index in [9.17, 15) is 14.4 Å². The van der Waals surface area contributed by atoms with E-state index < -0.39 is 24.0 Å². The van der Waals surface area contributed by atoms with Crippen molar-refractivity contribution in [3.63, 3.8) is 0 Å². The molecule has 7 heteroatoms. The first kappa shape index (κ1) is 18.0. The highest BCUT2D eigenvalue weighted by atomic mass is 32.2. The summed E-state index contributed by atoms with van der Waals surface area (Å²) in [6.07, 6.45) is -0.853. The Morgan fingerprint density at radius 2 is 1.86 bits per heavy atom. The largest absolute Gasteiger partial charge is 0.452 e. The van der Waals surface area contributed by atoms with Crippen LogP contribution in [0.4, 0.5) is 4.79 Å². The fraction of sp³-hybridized carbons (Fsp3) is 0.400. The Morgan fingerprint density at radius 1 is 1.23 bits per heavy atom. The van der Waals surface area contributed by atoms with Gasteiger partial charge in [-0.3, -0.25) is 14.9 Å². The van der Waals surface area contributed by atoms with Gasteiger partial charge in [-0.2, -0.15) is 0 Å². The third-order valence-corrected chi connectivity index (χ3v) is 3.70. The zero-order valence-electron chi connectivity index (χ0n) is 12.6. The van der Waals surface area contributed by atoms with Crippen LogP contribution in [0.5, 0.6) is 0 Å². The predicted octanol–water partition coefficient (Wildman–Crippen LogP) is 1.93. The SMILES string of the molecule is CC(C)[C@@H](OC(=O)CCSc1ccccc1)C(=O)NC(N)=O. The molecule has 0 spiro atoms. The van der Waals surface area contributed by atoms with Gasteiger partial charge >= 0.3 is 12.0 Å². The third kappa shape index (κ3) is 6.62. The highest BCUT2D eigenvalue weighted by Crippen LogP contribution is 2.18. The summed E-state index contributed by atoms with van der Waals surface area (Å²) in [5.74, 6) is -0.899. The molecule has 0 unspecified atom stereocenters. The Hall–Kier alpha value is -2.02. The first-order chi connectivity index (χ1) is 10.4. The average molecular weight is 324 g/mol. The molecule has 0 aromatic heterocycles. The quantitative estimate of drug-likeness (QED) is 0.590. The van der Waals surface area contributed by atoms with Crippen LogP contribution in [-0.4, -0.2) is 29.8 Å². The number of imide groups is 1. The van der Waals surface area contributed by atoms with Crippen LogP contribution in [0.15, 0.2) is 35.2 Å². The summed E-state index contributed by atoms with van der Waals surface area (Å²) in [6.45, 7) is 3.44. The maximum atomic E-state index is 11.8. The summed E-state index contributed by atoms with van der Waals surface area (Å²) in [5, 5.41) is 1.93. The minimum atomic E-state index is -1.03. The topological polar surface area (TPSA) is 98.5 Å². The number of nitrogens with one attached hydrogen (secondary N) is 1. The van der Waals surface area contributed by atoms with Gasteiger partial charge < -0.3 is 10.5 Å². The molecular weight excluding hydrogens is 304 g/mol. The first-order valence-corrected chi connectivity index (χ1v) is 7.86. The van der Waals surface area contributed by atoms with E-state index in [1.54, 1.807) is 13.8 Å². The van der Waals surface area contributed by atoms with Crippen LogP contribution in [0.3, 0.4) is 0 Å². The number of carbonyl (C=O) groups is 3. The van der Waals surface area contributed by atoms with Crippen molar-refractivity contribution < 1.29 is 19.1 Å². The molecule has 0 radical (unpaired) electrons. The van der Waals surface area contributed by atoms with Crippen molar-refractivity contribution in [2.24, 2.45) is 11.7 Å². The number of carbonyl (C=O) groups excluding carboxylic acids is 3. The maximum absolute atomic E-state index is 11.8. The summed E-state index contributed by atoms with van der Waals surface area (Å²) in [6, 6.07) is 8.70. The van der Waals surface area contributed by atoms with E-state index in [-0.39, 0.29) is 12.3 Å². The molecule has 1 rings (SSSR count). The molecule has 1 atom stereocenters. The van der Waals surface area contributed by atoms with Crippen molar-refractivity contribution in [2.75, 3.05) is 5.75 Å². The lowest BCUT2D eigenvalue weighted by Gasteiger charge is -2.19. The average Bonchev–Trinajstić information content (AvgIpc) is 2.44. The van der Waals surface area contributed by atoms with E-state index in [2.05, 4.69) is 0 Å². The Balaban J connectivity index is 2.43. The van der Waals surface area contributed by atoms with Crippen molar-refractivity contribution in [2.45, 2.75) is 31.3 Å². The number of benzene rings is 1. The zero-order chi connectivity index (χ0) is 16.5. The van der Waals surface area contributed by atoms with Gasteiger partial charge in [0.2, 0.25) is 0 Å². The summed E-state index contributed by atoms with van der Waals surface area (Å²) in [5.41, 5.74) is 4.89. The van der Waals surface area contributed by atoms with Crippen LogP contribution in [0.25, 0.3) is 0 Å². The lowest BCUT2D eigenvalue weighted by molar-refractivity contribution is -0.157. The molecule has 3 amide bonds. The number of urea groups is 1. The van der Waals surface area contributed by atoms with Gasteiger partial charge in [-0.05, 0) is 18.1 Å². The lowest BCUT2D eigenvalue weighted by atomic mass is 10.1. The zero-order valence-corrected chi connectivity index (χ0v) is 13.4. The van der Waals surface area contributed by atoms with Crippen LogP contribution in [0.2, 0.25) is 0 Å². The number of ether oxygens (including phenoxy) is 1. The van der Waals surface area contributed by atoms with Gasteiger partial charge in [0.25, 0.3) is 5.91 Å². The third-order valence-electron chi connectivity index (χ3n) is 2.69. The number of nitrogens with two attached hydrogens (primary N) is 1. The highest BCUT2D eigenvalue weighted by molar-refractivity contribution is 7.99. The minimum Gasteiger partial charge on any atom is -0.452 e. The Kier molecular flexibility index (Phi) is 7.45. The molecule has 0 fully saturated rings. The molecule has 1 aromatic carbocycles. The van der Waals surface area contributed by atoms with Gasteiger partial charge in [0, 0.05) is 10.6 Å². The van der Waals surface area contributed by atoms with Gasteiger partial charge in [-0.15, -0.1) is 11.8 Å². The number of hydrogen-bond acceptors (Lipinski definition) is 5. The van der Waals surface area contributed by atoms with Gasteiger partial charge in [-0.1, -0.05) is 32.0 Å². The number of hydrogen-bond donors (Lipinski definition) is 2. The van der Waals surface area contributed by atoms with E-state index in [1.165, 1.54) is 11.8 Å². The van der Waals surface area contributed by atoms with Crippen LogP contribution in [-0.2, 0) is 14.3 Å². The van der Waals surface area contributed by atoms with Crippen molar-refractivity contribution in [3.05, 3.63) is 30.3 Å². The van der Waals surface area contributed by atoms with Gasteiger partial charge in [0.15, 0.2) is 6.10 Å². The van der Waals surface area contributed by atoms with Crippen LogP contribution in [0.1, 0.15) is 20.3 Å². The minimum absolute atomic E-state index is 0.173. The maximum Gasteiger partial charge on any atom is 0.318 e. The molecular formula is C15H20N2O4S. The predicted molar refractivity (Wildman–Crippen MR) is 84.2 cm³/mol. The second kappa shape index (κ2) is 9.09. The molecule has 0 aliphatic rings. The summed E-state index contributed by atoms with van der Waals surface area (Å²) in [7, 11) is 0. The molecule has 0 saturated carbocycles. The fourth-order valence-corrected chi connectivity index (χ4v) is 2.51. The number of esters is 1. The molecule has 22 heavy (non-hydrogen) atoms. The van der Waals surface area contributed by atoms with Crippen molar-refractivity contribution in [3.8, 4) is 0 Å². The second-order valence-corrected chi connectivity index (χ2v) is 6.09. The normalized spacial score (nSPS) is 11.8. The van der Waals surface area contributed by atoms with Crippen molar-refractivity contribution >= 4 is 29.7 Å². The first-order valence-electron chi connectivity index (χ1n) is 6.87. The van der Waals surface area contributed by atoms with Gasteiger partial charge in [-0.25, -0.2) is 4.79 Å². The number of rotatable bonds is 7. The van der Waals surface area contributed by atoms with E-state index in [0.29, 0.717) is 5.75 Å². The molecule has 120 valence electrons. The lowest BCUT2D eigenvalue weighted by Crippen LogP contribution is -2.45. The Morgan fingerprint density at radius 3 is 2.41 bits per heavy atom. The molecule has 3 N–H and O–H groups in total. The van der Waals surface area contributed by atoms with Gasteiger partial charge in [0.1, 0.15) is 0 Å². The standard InChI is InChI=1S/C15H20N2O4S/c1-10(2)13(14(19)17-15(16)20)21-12(18)8-9-22-11-6-4-3-5-7-11/h3-7,10,13H,8-9H2,1-2H3,(H3,16,17,19,20)/t13-/m1/s1. The van der Waals surface area contributed by atoms with Crippen molar-refractivity contribution in [1.29, 1.82) is 0 Å². The summed E-state index contributed by atoms with van der Waals surface area (Å²) in [4.78, 5) is 35.3. The van der Waals surface area contributed by atoms with Crippen LogP contribution >= 0.6 is 11.8 Å². The van der Waals surface area contributed by atoms with Crippen LogP contribution in [0, 0.1) is 5.92 Å². The number of amides is 3. The number of primary amides is 1. The Labute approximate surface area is 133 Å². The van der Waals surface area contributed by atoms with E-state index in [0.717, 1.165) is 4.90 Å².